The first-order valence-corrected chi connectivity index (χ1v) is 16.0. The van der Waals surface area contributed by atoms with Crippen molar-refractivity contribution < 1.29 is 23.4 Å². The molecule has 2 aromatic carbocycles. The van der Waals surface area contributed by atoms with Gasteiger partial charge in [0.25, 0.3) is 0 Å². The second-order valence-corrected chi connectivity index (χ2v) is 13.9. The van der Waals surface area contributed by atoms with Gasteiger partial charge in [0.1, 0.15) is 11.6 Å². The molecule has 242 valence electrons. The summed E-state index contributed by atoms with van der Waals surface area (Å²) in [5.74, 6) is 0.0540. The number of rotatable bonds is 11. The Morgan fingerprint density at radius 1 is 1.07 bits per heavy atom. The number of anilines is 1. The molecule has 6 nitrogen and oxygen atoms in total. The van der Waals surface area contributed by atoms with E-state index in [1.165, 1.54) is 12.1 Å². The minimum absolute atomic E-state index is 0.227. The van der Waals surface area contributed by atoms with Crippen LogP contribution in [0.5, 0.6) is 5.75 Å². The minimum atomic E-state index is -0.994. The van der Waals surface area contributed by atoms with Crippen LogP contribution in [0.4, 0.5) is 10.1 Å². The lowest BCUT2D eigenvalue weighted by atomic mass is 9.81. The number of piperidine rings is 1. The van der Waals surface area contributed by atoms with Crippen LogP contribution < -0.4 is 9.64 Å². The maximum atomic E-state index is 13.8. The van der Waals surface area contributed by atoms with Crippen LogP contribution in [0.3, 0.4) is 0 Å². The highest BCUT2D eigenvalue weighted by Gasteiger charge is 2.38. The van der Waals surface area contributed by atoms with Crippen molar-refractivity contribution in [2.24, 2.45) is 5.41 Å². The highest BCUT2D eigenvalue weighted by molar-refractivity contribution is 5.90. The number of nitrogens with zero attached hydrogens (tertiary/aromatic N) is 2. The van der Waals surface area contributed by atoms with Crippen molar-refractivity contribution in [2.45, 2.75) is 92.5 Å². The van der Waals surface area contributed by atoms with Gasteiger partial charge >= 0.3 is 5.97 Å². The zero-order chi connectivity index (χ0) is 32.9. The van der Waals surface area contributed by atoms with Crippen molar-refractivity contribution in [2.75, 3.05) is 24.6 Å². The summed E-state index contributed by atoms with van der Waals surface area (Å²) in [4.78, 5) is 21.1. The third-order valence-electron chi connectivity index (χ3n) is 8.06. The zero-order valence-electron chi connectivity index (χ0n) is 28.2. The predicted molar refractivity (Wildman–Crippen MR) is 180 cm³/mol. The van der Waals surface area contributed by atoms with Crippen molar-refractivity contribution in [3.63, 3.8) is 0 Å². The summed E-state index contributed by atoms with van der Waals surface area (Å²) in [5.41, 5.74) is 5.61. The average molecular weight is 617 g/mol. The summed E-state index contributed by atoms with van der Waals surface area (Å²) in [6, 6.07) is 14.5. The van der Waals surface area contributed by atoms with Gasteiger partial charge in [-0.1, -0.05) is 44.7 Å². The molecule has 2 heterocycles. The van der Waals surface area contributed by atoms with Crippen molar-refractivity contribution in [3.05, 3.63) is 83.4 Å². The molecule has 1 unspecified atom stereocenters. The maximum Gasteiger partial charge on any atom is 0.340 e. The van der Waals surface area contributed by atoms with E-state index < -0.39 is 17.7 Å². The summed E-state index contributed by atoms with van der Waals surface area (Å²) in [6.45, 7) is 22.3. The van der Waals surface area contributed by atoms with Crippen molar-refractivity contribution in [1.82, 2.24) is 4.98 Å². The number of ether oxygens (including phenoxy) is 3. The molecule has 0 saturated carbocycles. The lowest BCUT2D eigenvalue weighted by molar-refractivity contribution is -0.171. The van der Waals surface area contributed by atoms with Crippen LogP contribution in [0.15, 0.2) is 55.1 Å². The Labute approximate surface area is 268 Å². The highest BCUT2D eigenvalue weighted by Crippen LogP contribution is 2.45. The van der Waals surface area contributed by atoms with Crippen molar-refractivity contribution in [1.29, 1.82) is 0 Å². The van der Waals surface area contributed by atoms with Crippen LogP contribution in [0.2, 0.25) is 0 Å². The molecule has 1 aliphatic rings. The Morgan fingerprint density at radius 3 is 2.24 bits per heavy atom. The third kappa shape index (κ3) is 8.94. The zero-order valence-corrected chi connectivity index (χ0v) is 28.2. The molecule has 0 bridgehead atoms. The maximum absolute atomic E-state index is 13.8. The summed E-state index contributed by atoms with van der Waals surface area (Å²) in [5, 5.41) is 0. The van der Waals surface area contributed by atoms with Crippen LogP contribution in [0, 0.1) is 18.2 Å². The summed E-state index contributed by atoms with van der Waals surface area (Å²) in [6.07, 6.45) is 3.12. The molecule has 7 heteroatoms. The molecular weight excluding hydrogens is 567 g/mol. The van der Waals surface area contributed by atoms with Gasteiger partial charge in [-0.15, -0.1) is 0 Å². The number of pyridine rings is 1. The first-order valence-electron chi connectivity index (χ1n) is 16.0. The molecule has 0 amide bonds. The quantitative estimate of drug-likeness (QED) is 0.201. The Hall–Kier alpha value is -3.71. The molecule has 0 N–H and O–H groups in total. The second-order valence-electron chi connectivity index (χ2n) is 13.9. The number of aromatic nitrogens is 1. The van der Waals surface area contributed by atoms with Gasteiger partial charge in [-0.25, -0.2) is 9.18 Å². The molecule has 0 radical (unpaired) electrons. The molecular formula is C38H49FN2O4. The summed E-state index contributed by atoms with van der Waals surface area (Å²) < 4.78 is 31.6. The minimum Gasteiger partial charge on any atom is -0.493 e. The van der Waals surface area contributed by atoms with Gasteiger partial charge in [0.2, 0.25) is 0 Å². The molecule has 1 saturated heterocycles. The van der Waals surface area contributed by atoms with E-state index in [1.807, 2.05) is 65.8 Å². The lowest BCUT2D eigenvalue weighted by Crippen LogP contribution is -2.39. The molecule has 3 aromatic rings. The van der Waals surface area contributed by atoms with E-state index >= 15 is 0 Å². The fourth-order valence-electron chi connectivity index (χ4n) is 5.68. The van der Waals surface area contributed by atoms with Crippen LogP contribution in [0.25, 0.3) is 17.2 Å². The lowest BCUT2D eigenvalue weighted by Gasteiger charge is -2.41. The molecule has 0 spiro atoms. The largest absolute Gasteiger partial charge is 0.493 e. The second kappa shape index (κ2) is 14.2. The molecule has 1 aliphatic heterocycles. The fourth-order valence-corrected chi connectivity index (χ4v) is 5.68. The van der Waals surface area contributed by atoms with Gasteiger partial charge in [0.05, 0.1) is 29.7 Å². The Bertz CT molecular complexity index is 1460. The fraction of sp³-hybridized carbons (Fsp3) is 0.474. The van der Waals surface area contributed by atoms with E-state index in [0.29, 0.717) is 24.3 Å². The van der Waals surface area contributed by atoms with Crippen molar-refractivity contribution >= 4 is 17.7 Å². The van der Waals surface area contributed by atoms with Crippen molar-refractivity contribution in [3.8, 4) is 16.9 Å². The topological polar surface area (TPSA) is 60.9 Å². The number of hydrogen-bond donors (Lipinski definition) is 0. The third-order valence-corrected chi connectivity index (χ3v) is 8.06. The smallest absolute Gasteiger partial charge is 0.340 e. The molecule has 45 heavy (non-hydrogen) atoms. The first kappa shape index (κ1) is 34.2. The number of carbonyl (C=O) groups is 1. The Kier molecular flexibility index (Phi) is 10.7. The van der Waals surface area contributed by atoms with E-state index in [-0.39, 0.29) is 17.3 Å². The van der Waals surface area contributed by atoms with E-state index in [9.17, 15) is 9.18 Å². The van der Waals surface area contributed by atoms with E-state index in [2.05, 4.69) is 25.3 Å². The molecule has 1 fully saturated rings. The normalized spacial score (nSPS) is 15.6. The monoisotopic (exact) mass is 616 g/mol. The van der Waals surface area contributed by atoms with Gasteiger partial charge in [-0.05, 0) is 101 Å². The number of halogens is 1. The number of esters is 1. The van der Waals surface area contributed by atoms with Gasteiger partial charge < -0.3 is 19.1 Å². The van der Waals surface area contributed by atoms with Crippen LogP contribution in [0.1, 0.15) is 89.9 Å². The molecule has 0 aliphatic carbocycles. The average Bonchev–Trinajstić information content (AvgIpc) is 2.96. The first-order chi connectivity index (χ1) is 21.2. The Balaban J connectivity index is 1.79. The standard InChI is InChI=1S/C38H49FN2O4/c1-10-31-33(35(45-37(5,6)7)36(42)44-25(2)3)34(41-22-20-38(8,9)21-23-41)32(26(4)40-31)28-13-17-30(18-14-28)43-24-19-27-11-15-29(39)16-12-27/h10-18,25,35H,1,19-24H2,2-9H3. The highest BCUT2D eigenvalue weighted by atomic mass is 19.1. The number of carbonyl (C=O) groups excluding carboxylic acids is 1. The number of benzene rings is 2. The molecule has 4 rings (SSSR count). The number of hydrogen-bond acceptors (Lipinski definition) is 6. The summed E-state index contributed by atoms with van der Waals surface area (Å²) in [7, 11) is 0. The molecule has 1 atom stereocenters. The van der Waals surface area contributed by atoms with Crippen LogP contribution in [-0.2, 0) is 20.7 Å². The predicted octanol–water partition coefficient (Wildman–Crippen LogP) is 8.89. The van der Waals surface area contributed by atoms with Gasteiger partial charge in [0, 0.05) is 36.3 Å². The van der Waals surface area contributed by atoms with E-state index in [0.717, 1.165) is 59.8 Å². The van der Waals surface area contributed by atoms with Crippen LogP contribution >= 0.6 is 0 Å². The number of aryl methyl sites for hydroxylation is 1. The Morgan fingerprint density at radius 2 is 1.69 bits per heavy atom. The van der Waals surface area contributed by atoms with Crippen LogP contribution in [-0.4, -0.2) is 42.4 Å². The SMILES string of the molecule is C=Cc1nc(C)c(-c2ccc(OCCc3ccc(F)cc3)cc2)c(N2CCC(C)(C)CC2)c1C(OC(C)(C)C)C(=O)OC(C)C. The van der Waals surface area contributed by atoms with E-state index in [4.69, 9.17) is 19.2 Å². The molecule has 1 aromatic heterocycles. The van der Waals surface area contributed by atoms with Gasteiger partial charge in [-0.3, -0.25) is 4.98 Å². The van der Waals surface area contributed by atoms with Gasteiger partial charge in [0.15, 0.2) is 6.10 Å². The van der Waals surface area contributed by atoms with E-state index in [1.54, 1.807) is 18.2 Å². The summed E-state index contributed by atoms with van der Waals surface area (Å²) >= 11 is 0. The van der Waals surface area contributed by atoms with Gasteiger partial charge in [-0.2, -0.15) is 0 Å².